The van der Waals surface area contributed by atoms with Crippen LogP contribution in [0.25, 0.3) is 0 Å². The highest BCUT2D eigenvalue weighted by atomic mass is 16.5. The van der Waals surface area contributed by atoms with Gasteiger partial charge in [-0.15, -0.1) is 0 Å². The van der Waals surface area contributed by atoms with Crippen LogP contribution in [-0.2, 0) is 4.79 Å². The Morgan fingerprint density at radius 1 is 0.969 bits per heavy atom. The molecule has 0 radical (unpaired) electrons. The van der Waals surface area contributed by atoms with Crippen LogP contribution in [0.5, 0.6) is 5.75 Å². The molecule has 32 heavy (non-hydrogen) atoms. The van der Waals surface area contributed by atoms with E-state index in [9.17, 15) is 19.5 Å². The lowest BCUT2D eigenvalue weighted by atomic mass is 10.0. The number of amides is 3. The highest BCUT2D eigenvalue weighted by molar-refractivity contribution is 5.99. The Morgan fingerprint density at radius 2 is 1.56 bits per heavy atom. The van der Waals surface area contributed by atoms with Crippen LogP contribution in [0.15, 0.2) is 42.5 Å². The Morgan fingerprint density at radius 3 is 2.09 bits per heavy atom. The van der Waals surface area contributed by atoms with Gasteiger partial charge in [0.05, 0.1) is 18.7 Å². The Balaban J connectivity index is 2.00. The van der Waals surface area contributed by atoms with Gasteiger partial charge < -0.3 is 25.8 Å². The van der Waals surface area contributed by atoms with Gasteiger partial charge in [-0.05, 0) is 63.4 Å². The molecular formula is C24H31N3O5. The Kier molecular flexibility index (Phi) is 8.63. The van der Waals surface area contributed by atoms with Crippen LogP contribution in [0.3, 0.4) is 0 Å². The fourth-order valence-corrected chi connectivity index (χ4v) is 3.32. The third kappa shape index (κ3) is 7.01. The average Bonchev–Trinajstić information content (AvgIpc) is 2.70. The smallest absolute Gasteiger partial charge is 0.328 e. The molecule has 0 unspecified atom stereocenters. The summed E-state index contributed by atoms with van der Waals surface area (Å²) in [4.78, 5) is 36.7. The molecule has 8 heteroatoms. The van der Waals surface area contributed by atoms with Gasteiger partial charge >= 0.3 is 12.0 Å². The first kappa shape index (κ1) is 24.7. The van der Waals surface area contributed by atoms with Crippen LogP contribution < -0.4 is 20.7 Å². The highest BCUT2D eigenvalue weighted by Crippen LogP contribution is 2.23. The van der Waals surface area contributed by atoms with Crippen LogP contribution in [0.4, 0.5) is 4.79 Å². The molecule has 0 aromatic heterocycles. The van der Waals surface area contributed by atoms with Crippen LogP contribution in [-0.4, -0.2) is 41.7 Å². The van der Waals surface area contributed by atoms with Gasteiger partial charge in [-0.2, -0.15) is 0 Å². The van der Waals surface area contributed by atoms with Gasteiger partial charge in [0.1, 0.15) is 11.8 Å². The van der Waals surface area contributed by atoms with E-state index in [1.165, 1.54) is 0 Å². The molecular weight excluding hydrogens is 410 g/mol. The van der Waals surface area contributed by atoms with Gasteiger partial charge in [0, 0.05) is 5.56 Å². The van der Waals surface area contributed by atoms with E-state index in [4.69, 9.17) is 4.74 Å². The van der Waals surface area contributed by atoms with Gasteiger partial charge in [0.15, 0.2) is 0 Å². The second-order valence-corrected chi connectivity index (χ2v) is 7.95. The number of nitrogens with one attached hydrogen (secondary N) is 3. The largest absolute Gasteiger partial charge is 0.491 e. The van der Waals surface area contributed by atoms with Gasteiger partial charge in [0.25, 0.3) is 5.91 Å². The summed E-state index contributed by atoms with van der Waals surface area (Å²) in [6.45, 7) is 8.91. The first-order chi connectivity index (χ1) is 15.1. The maximum absolute atomic E-state index is 12.8. The number of aliphatic carboxylic acids is 1. The standard InChI is InChI=1S/C24H31N3O5/c1-14(2)32-19-11-15(3)21(16(4)12-19)22(28)27-20(23(29)30)13-25-24(31)26-17(5)18-9-7-6-8-10-18/h6-12,14,17,20H,13H2,1-5H3,(H,27,28)(H,29,30)(H2,25,26,31)/t17-,20-/m0/s1. The minimum absolute atomic E-state index is 0.00769. The lowest BCUT2D eigenvalue weighted by Gasteiger charge is -2.20. The quantitative estimate of drug-likeness (QED) is 0.476. The third-order valence-corrected chi connectivity index (χ3v) is 4.82. The van der Waals surface area contributed by atoms with Crippen molar-refractivity contribution >= 4 is 17.9 Å². The Labute approximate surface area is 188 Å². The molecule has 4 N–H and O–H groups in total. The molecule has 8 nitrogen and oxygen atoms in total. The molecule has 0 bridgehead atoms. The third-order valence-electron chi connectivity index (χ3n) is 4.82. The molecule has 2 aromatic carbocycles. The summed E-state index contributed by atoms with van der Waals surface area (Å²) < 4.78 is 5.68. The number of carbonyl (C=O) groups is 3. The van der Waals surface area contributed by atoms with Crippen molar-refractivity contribution in [1.82, 2.24) is 16.0 Å². The highest BCUT2D eigenvalue weighted by Gasteiger charge is 2.24. The lowest BCUT2D eigenvalue weighted by Crippen LogP contribution is -2.50. The number of carboxylic acid groups (broad SMARTS) is 1. The fraction of sp³-hybridized carbons (Fsp3) is 0.375. The van der Waals surface area contributed by atoms with Gasteiger partial charge in [-0.1, -0.05) is 30.3 Å². The van der Waals surface area contributed by atoms with Crippen LogP contribution in [0.1, 0.15) is 53.9 Å². The second kappa shape index (κ2) is 11.2. The summed E-state index contributed by atoms with van der Waals surface area (Å²) in [7, 11) is 0. The van der Waals surface area contributed by atoms with Gasteiger partial charge in [-0.3, -0.25) is 4.79 Å². The predicted molar refractivity (Wildman–Crippen MR) is 122 cm³/mol. The fourth-order valence-electron chi connectivity index (χ4n) is 3.32. The van der Waals surface area contributed by atoms with E-state index in [-0.39, 0.29) is 18.7 Å². The van der Waals surface area contributed by atoms with Gasteiger partial charge in [0.2, 0.25) is 0 Å². The number of ether oxygens (including phenoxy) is 1. The summed E-state index contributed by atoms with van der Waals surface area (Å²) >= 11 is 0. The average molecular weight is 442 g/mol. The van der Waals surface area contributed by atoms with Crippen LogP contribution in [0.2, 0.25) is 0 Å². The Hall–Kier alpha value is -3.55. The molecule has 2 atom stereocenters. The zero-order valence-corrected chi connectivity index (χ0v) is 19.1. The monoisotopic (exact) mass is 441 g/mol. The number of hydrogen-bond acceptors (Lipinski definition) is 4. The van der Waals surface area contributed by atoms with Crippen molar-refractivity contribution in [3.63, 3.8) is 0 Å². The summed E-state index contributed by atoms with van der Waals surface area (Å²) in [5.74, 6) is -1.12. The molecule has 0 spiro atoms. The zero-order chi connectivity index (χ0) is 23.8. The van der Waals surface area contributed by atoms with Crippen molar-refractivity contribution in [2.75, 3.05) is 6.54 Å². The first-order valence-electron chi connectivity index (χ1n) is 10.5. The van der Waals surface area contributed by atoms with E-state index < -0.39 is 23.9 Å². The maximum atomic E-state index is 12.8. The number of urea groups is 1. The van der Waals surface area contributed by atoms with Crippen molar-refractivity contribution in [3.8, 4) is 5.75 Å². The molecule has 0 fully saturated rings. The molecule has 0 aliphatic rings. The number of hydrogen-bond donors (Lipinski definition) is 4. The molecule has 3 amide bonds. The summed E-state index contributed by atoms with van der Waals surface area (Å²) in [5, 5.41) is 17.3. The summed E-state index contributed by atoms with van der Waals surface area (Å²) in [6, 6.07) is 10.8. The molecule has 0 heterocycles. The van der Waals surface area contributed by atoms with Crippen molar-refractivity contribution in [2.24, 2.45) is 0 Å². The number of carboxylic acids is 1. The van der Waals surface area contributed by atoms with Crippen LogP contribution in [0, 0.1) is 13.8 Å². The molecule has 0 saturated heterocycles. The first-order valence-corrected chi connectivity index (χ1v) is 10.5. The number of rotatable bonds is 9. The zero-order valence-electron chi connectivity index (χ0n) is 19.1. The van der Waals surface area contributed by atoms with E-state index in [0.717, 1.165) is 5.56 Å². The topological polar surface area (TPSA) is 117 Å². The van der Waals surface area contributed by atoms with Crippen molar-refractivity contribution in [3.05, 3.63) is 64.7 Å². The Bertz CT molecular complexity index is 936. The van der Waals surface area contributed by atoms with Gasteiger partial charge in [-0.25, -0.2) is 9.59 Å². The molecule has 0 saturated carbocycles. The second-order valence-electron chi connectivity index (χ2n) is 7.95. The predicted octanol–water partition coefficient (Wildman–Crippen LogP) is 3.33. The summed E-state index contributed by atoms with van der Waals surface area (Å²) in [5.41, 5.74) is 2.64. The number of carbonyl (C=O) groups excluding carboxylic acids is 2. The van der Waals surface area contributed by atoms with E-state index in [0.29, 0.717) is 22.4 Å². The number of benzene rings is 2. The SMILES string of the molecule is Cc1cc(OC(C)C)cc(C)c1C(=O)N[C@@H](CNC(=O)N[C@@H](C)c1ccccc1)C(=O)O. The maximum Gasteiger partial charge on any atom is 0.328 e. The summed E-state index contributed by atoms with van der Waals surface area (Å²) in [6.07, 6.45) is -0.00769. The number of aryl methyl sites for hydroxylation is 2. The lowest BCUT2D eigenvalue weighted by molar-refractivity contribution is -0.139. The molecule has 2 rings (SSSR count). The molecule has 0 aliphatic carbocycles. The van der Waals surface area contributed by atoms with E-state index in [1.54, 1.807) is 26.0 Å². The van der Waals surface area contributed by atoms with E-state index in [2.05, 4.69) is 16.0 Å². The van der Waals surface area contributed by atoms with Crippen molar-refractivity contribution < 1.29 is 24.2 Å². The van der Waals surface area contributed by atoms with Crippen molar-refractivity contribution in [2.45, 2.75) is 52.8 Å². The van der Waals surface area contributed by atoms with Crippen LogP contribution >= 0.6 is 0 Å². The minimum Gasteiger partial charge on any atom is -0.491 e. The molecule has 172 valence electrons. The molecule has 2 aromatic rings. The van der Waals surface area contributed by atoms with Crippen molar-refractivity contribution in [1.29, 1.82) is 0 Å². The molecule has 0 aliphatic heterocycles. The minimum atomic E-state index is -1.29. The normalized spacial score (nSPS) is 12.6. The van der Waals surface area contributed by atoms with E-state index >= 15 is 0 Å². The van der Waals surface area contributed by atoms with E-state index in [1.807, 2.05) is 51.1 Å².